The number of fused-ring (bicyclic) bond motifs is 1. The van der Waals surface area contributed by atoms with E-state index in [9.17, 15) is 10.2 Å². The Bertz CT molecular complexity index is 302. The van der Waals surface area contributed by atoms with Crippen molar-refractivity contribution in [3.8, 4) is 0 Å². The number of aliphatic hydroxyl groups is 3. The van der Waals surface area contributed by atoms with Gasteiger partial charge in [0.05, 0.1) is 6.61 Å². The highest BCUT2D eigenvalue weighted by molar-refractivity contribution is 8.14. The number of hydrogen-bond acceptors (Lipinski definition) is 7. The minimum absolute atomic E-state index is 0.306. The fraction of sp³-hybridized carbons (Fsp3) is 0.900. The smallest absolute Gasteiger partial charge is 0.159 e. The summed E-state index contributed by atoms with van der Waals surface area (Å²) in [6.07, 6.45) is -1.82. The van der Waals surface area contributed by atoms with E-state index in [0.717, 1.165) is 18.1 Å². The molecule has 98 valence electrons. The van der Waals surface area contributed by atoms with Crippen LogP contribution in [0.25, 0.3) is 0 Å². The van der Waals surface area contributed by atoms with Gasteiger partial charge in [-0.1, -0.05) is 18.7 Å². The van der Waals surface area contributed by atoms with E-state index in [1.807, 2.05) is 0 Å². The number of nitrogens with one attached hydrogen (secondary N) is 1. The van der Waals surface area contributed by atoms with Gasteiger partial charge in [0.25, 0.3) is 0 Å². The van der Waals surface area contributed by atoms with E-state index in [2.05, 4.69) is 17.2 Å². The lowest BCUT2D eigenvalue weighted by Gasteiger charge is -2.37. The lowest BCUT2D eigenvalue weighted by molar-refractivity contribution is -0.164. The summed E-state index contributed by atoms with van der Waals surface area (Å²) in [4.78, 5) is 4.30. The van der Waals surface area contributed by atoms with Crippen molar-refractivity contribution in [2.75, 3.05) is 13.2 Å². The first-order valence-corrected chi connectivity index (χ1v) is 6.66. The van der Waals surface area contributed by atoms with Crippen molar-refractivity contribution in [2.45, 2.75) is 43.1 Å². The minimum atomic E-state index is -1.09. The van der Waals surface area contributed by atoms with Crippen LogP contribution in [0.15, 0.2) is 4.99 Å². The van der Waals surface area contributed by atoms with Crippen molar-refractivity contribution in [3.05, 3.63) is 0 Å². The molecule has 0 amide bonds. The molecule has 2 unspecified atom stereocenters. The minimum Gasteiger partial charge on any atom is -0.394 e. The molecule has 7 heteroatoms. The van der Waals surface area contributed by atoms with E-state index < -0.39 is 24.4 Å². The number of nitrogens with zero attached hydrogens (tertiary/aromatic N) is 1. The molecule has 17 heavy (non-hydrogen) atoms. The Kier molecular flexibility index (Phi) is 4.26. The lowest BCUT2D eigenvalue weighted by atomic mass is 9.99. The topological polar surface area (TPSA) is 94.3 Å². The maximum absolute atomic E-state index is 9.90. The molecular weight excluding hydrogens is 244 g/mol. The van der Waals surface area contributed by atoms with Crippen LogP contribution >= 0.6 is 11.8 Å². The molecule has 5 atom stereocenters. The van der Waals surface area contributed by atoms with E-state index >= 15 is 0 Å². The largest absolute Gasteiger partial charge is 0.394 e. The van der Waals surface area contributed by atoms with Gasteiger partial charge in [0, 0.05) is 6.54 Å². The monoisotopic (exact) mass is 262 g/mol. The van der Waals surface area contributed by atoms with Crippen LogP contribution in [0.1, 0.15) is 13.3 Å². The fourth-order valence-corrected chi connectivity index (χ4v) is 3.04. The van der Waals surface area contributed by atoms with E-state index in [0.29, 0.717) is 0 Å². The zero-order chi connectivity index (χ0) is 12.4. The molecule has 0 aliphatic carbocycles. The van der Waals surface area contributed by atoms with Crippen LogP contribution < -0.4 is 5.32 Å². The van der Waals surface area contributed by atoms with Crippen molar-refractivity contribution >= 4 is 16.9 Å². The Hall–Kier alpha value is -0.340. The standard InChI is InChI=1S/C10H18N2O4S/c1-2-3-11-10-12-6-8(15)7(14)5(4-13)16-9(6)17-10/h5-9,13-15H,2-4H2,1H3,(H,11,12)/t5-,6?,7-,8-,9?/m1/s1. The molecule has 0 aromatic heterocycles. The summed E-state index contributed by atoms with van der Waals surface area (Å²) in [7, 11) is 0. The molecule has 1 saturated heterocycles. The van der Waals surface area contributed by atoms with Crippen molar-refractivity contribution in [1.82, 2.24) is 5.32 Å². The second-order valence-electron chi connectivity index (χ2n) is 4.18. The zero-order valence-corrected chi connectivity index (χ0v) is 10.4. The predicted molar refractivity (Wildman–Crippen MR) is 64.9 cm³/mol. The van der Waals surface area contributed by atoms with Crippen molar-refractivity contribution < 1.29 is 20.1 Å². The molecular formula is C10H18N2O4S. The third-order valence-electron chi connectivity index (χ3n) is 2.87. The number of rotatable bonds is 3. The molecule has 4 N–H and O–H groups in total. The maximum Gasteiger partial charge on any atom is 0.159 e. The van der Waals surface area contributed by atoms with E-state index in [-0.39, 0.29) is 12.0 Å². The van der Waals surface area contributed by atoms with Crippen LogP contribution in [0.4, 0.5) is 0 Å². The predicted octanol–water partition coefficient (Wildman–Crippen LogP) is -1.10. The fourth-order valence-electron chi connectivity index (χ4n) is 1.90. The second kappa shape index (κ2) is 5.53. The molecule has 2 aliphatic heterocycles. The SMILES string of the molecule is CCCNC1=NC2C(O[C@H](CO)[C@@H](O)[C@@H]2O)S1. The normalized spacial score (nSPS) is 40.9. The van der Waals surface area contributed by atoms with Gasteiger partial charge >= 0.3 is 0 Å². The summed E-state index contributed by atoms with van der Waals surface area (Å²) in [5.41, 5.74) is -0.329. The van der Waals surface area contributed by atoms with E-state index in [1.54, 1.807) is 0 Å². The molecule has 1 fully saturated rings. The Labute approximate surface area is 104 Å². The quantitative estimate of drug-likeness (QED) is 0.516. The zero-order valence-electron chi connectivity index (χ0n) is 9.61. The molecule has 2 aliphatic rings. The van der Waals surface area contributed by atoms with Gasteiger partial charge in [-0.2, -0.15) is 0 Å². The van der Waals surface area contributed by atoms with Crippen LogP contribution in [0.3, 0.4) is 0 Å². The second-order valence-corrected chi connectivity index (χ2v) is 5.26. The van der Waals surface area contributed by atoms with E-state index in [4.69, 9.17) is 9.84 Å². The third-order valence-corrected chi connectivity index (χ3v) is 3.96. The number of hydrogen-bond donors (Lipinski definition) is 4. The van der Waals surface area contributed by atoms with Crippen LogP contribution in [0, 0.1) is 0 Å². The number of aliphatic hydroxyl groups excluding tert-OH is 3. The number of aliphatic imine (C=N–C) groups is 1. The van der Waals surface area contributed by atoms with Crippen molar-refractivity contribution in [3.63, 3.8) is 0 Å². The molecule has 0 aromatic carbocycles. The Morgan fingerprint density at radius 2 is 2.18 bits per heavy atom. The molecule has 0 radical (unpaired) electrons. The summed E-state index contributed by atoms with van der Waals surface area (Å²) in [6, 6.07) is -0.461. The highest BCUT2D eigenvalue weighted by Crippen LogP contribution is 2.35. The van der Waals surface area contributed by atoms with Crippen LogP contribution in [0.2, 0.25) is 0 Å². The van der Waals surface area contributed by atoms with Gasteiger partial charge < -0.3 is 25.4 Å². The van der Waals surface area contributed by atoms with Gasteiger partial charge in [-0.15, -0.1) is 0 Å². The average Bonchev–Trinajstić information content (AvgIpc) is 2.74. The average molecular weight is 262 g/mol. The van der Waals surface area contributed by atoms with Gasteiger partial charge in [0.2, 0.25) is 0 Å². The lowest BCUT2D eigenvalue weighted by Crippen LogP contribution is -2.55. The summed E-state index contributed by atoms with van der Waals surface area (Å²) in [5, 5.41) is 32.5. The molecule has 0 bridgehead atoms. The maximum atomic E-state index is 9.90. The Morgan fingerprint density at radius 1 is 1.41 bits per heavy atom. The van der Waals surface area contributed by atoms with Crippen molar-refractivity contribution in [1.29, 1.82) is 0 Å². The van der Waals surface area contributed by atoms with Gasteiger partial charge in [-0.25, -0.2) is 0 Å². The van der Waals surface area contributed by atoms with E-state index in [1.165, 1.54) is 11.8 Å². The molecule has 0 aromatic rings. The van der Waals surface area contributed by atoms with Gasteiger partial charge in [0.1, 0.15) is 29.8 Å². The first-order chi connectivity index (χ1) is 8.17. The van der Waals surface area contributed by atoms with Gasteiger partial charge in [-0.05, 0) is 6.42 Å². The summed E-state index contributed by atoms with van der Waals surface area (Å²) >= 11 is 1.39. The Morgan fingerprint density at radius 3 is 2.82 bits per heavy atom. The summed E-state index contributed by atoms with van der Waals surface area (Å²) in [6.45, 7) is 2.56. The van der Waals surface area contributed by atoms with Crippen LogP contribution in [-0.4, -0.2) is 63.4 Å². The van der Waals surface area contributed by atoms with Crippen LogP contribution in [-0.2, 0) is 4.74 Å². The van der Waals surface area contributed by atoms with Gasteiger partial charge in [-0.3, -0.25) is 4.99 Å². The molecule has 2 rings (SSSR count). The van der Waals surface area contributed by atoms with Crippen molar-refractivity contribution in [2.24, 2.45) is 4.99 Å². The summed E-state index contributed by atoms with van der Waals surface area (Å²) in [5.74, 6) is 0. The number of ether oxygens (including phenoxy) is 1. The molecule has 2 heterocycles. The van der Waals surface area contributed by atoms with Gasteiger partial charge in [0.15, 0.2) is 5.17 Å². The first kappa shape index (κ1) is 13.1. The number of thioether (sulfide) groups is 1. The third kappa shape index (κ3) is 2.58. The highest BCUT2D eigenvalue weighted by atomic mass is 32.2. The van der Waals surface area contributed by atoms with Crippen LogP contribution in [0.5, 0.6) is 0 Å². The highest BCUT2D eigenvalue weighted by Gasteiger charge is 2.47. The first-order valence-electron chi connectivity index (χ1n) is 5.78. The molecule has 6 nitrogen and oxygen atoms in total. The Balaban J connectivity index is 2.01. The summed E-state index contributed by atoms with van der Waals surface area (Å²) < 4.78 is 5.50. The molecule has 0 saturated carbocycles. The number of amidine groups is 1. The molecule has 0 spiro atoms.